The molecule has 82 valence electrons. The van der Waals surface area contributed by atoms with E-state index in [1.54, 1.807) is 0 Å². The van der Waals surface area contributed by atoms with Gasteiger partial charge in [0.1, 0.15) is 0 Å². The highest BCUT2D eigenvalue weighted by molar-refractivity contribution is 8.14. The SMILES string of the molecule is CC[C@H]1C(=O)SCC1Cc1cncn1C. The number of nitrogens with zero attached hydrogens (tertiary/aromatic N) is 2. The zero-order chi connectivity index (χ0) is 10.8. The predicted octanol–water partition coefficient (Wildman–Crippen LogP) is 1.88. The molecule has 4 heteroatoms. The van der Waals surface area contributed by atoms with E-state index in [0.29, 0.717) is 11.0 Å². The van der Waals surface area contributed by atoms with Crippen LogP contribution in [0.2, 0.25) is 0 Å². The minimum Gasteiger partial charge on any atom is -0.338 e. The first-order valence-electron chi connectivity index (χ1n) is 5.34. The molecule has 1 aliphatic rings. The third-order valence-electron chi connectivity index (χ3n) is 3.14. The van der Waals surface area contributed by atoms with Crippen LogP contribution < -0.4 is 0 Å². The highest BCUT2D eigenvalue weighted by atomic mass is 32.2. The topological polar surface area (TPSA) is 34.9 Å². The second-order valence-electron chi connectivity index (χ2n) is 4.10. The molecule has 2 atom stereocenters. The molecule has 0 aliphatic carbocycles. The first-order valence-corrected chi connectivity index (χ1v) is 6.32. The number of aryl methyl sites for hydroxylation is 1. The smallest absolute Gasteiger partial charge is 0.192 e. The van der Waals surface area contributed by atoms with Crippen molar-refractivity contribution >= 4 is 16.9 Å². The Morgan fingerprint density at radius 2 is 2.47 bits per heavy atom. The fraction of sp³-hybridized carbons (Fsp3) is 0.636. The van der Waals surface area contributed by atoms with Gasteiger partial charge in [0, 0.05) is 30.6 Å². The van der Waals surface area contributed by atoms with E-state index in [9.17, 15) is 4.79 Å². The number of imidazole rings is 1. The molecule has 0 radical (unpaired) electrons. The van der Waals surface area contributed by atoms with Crippen LogP contribution in [-0.2, 0) is 18.3 Å². The van der Waals surface area contributed by atoms with E-state index < -0.39 is 0 Å². The number of hydrogen-bond donors (Lipinski definition) is 0. The first-order chi connectivity index (χ1) is 7.22. The molecule has 1 saturated heterocycles. The molecule has 3 nitrogen and oxygen atoms in total. The van der Waals surface area contributed by atoms with Crippen LogP contribution in [0.4, 0.5) is 0 Å². The Bertz CT molecular complexity index is 361. The molecule has 1 aromatic heterocycles. The Morgan fingerprint density at radius 1 is 1.67 bits per heavy atom. The van der Waals surface area contributed by atoms with Crippen molar-refractivity contribution in [2.75, 3.05) is 5.75 Å². The van der Waals surface area contributed by atoms with Crippen molar-refractivity contribution in [1.29, 1.82) is 0 Å². The summed E-state index contributed by atoms with van der Waals surface area (Å²) in [5, 5.41) is 0.379. The molecule has 1 fully saturated rings. The zero-order valence-electron chi connectivity index (χ0n) is 9.14. The van der Waals surface area contributed by atoms with Crippen LogP contribution in [0, 0.1) is 11.8 Å². The van der Waals surface area contributed by atoms with Crippen LogP contribution in [0.1, 0.15) is 19.0 Å². The second kappa shape index (κ2) is 4.39. The van der Waals surface area contributed by atoms with Crippen molar-refractivity contribution < 1.29 is 4.79 Å². The fourth-order valence-corrected chi connectivity index (χ4v) is 3.46. The first kappa shape index (κ1) is 10.7. The number of aromatic nitrogens is 2. The molecule has 0 amide bonds. The van der Waals surface area contributed by atoms with Gasteiger partial charge < -0.3 is 4.57 Å². The van der Waals surface area contributed by atoms with E-state index >= 15 is 0 Å². The maximum Gasteiger partial charge on any atom is 0.192 e. The molecule has 15 heavy (non-hydrogen) atoms. The van der Waals surface area contributed by atoms with Crippen LogP contribution in [0.25, 0.3) is 0 Å². The van der Waals surface area contributed by atoms with Gasteiger partial charge in [-0.05, 0) is 18.8 Å². The molecule has 1 aromatic rings. The Morgan fingerprint density at radius 3 is 3.07 bits per heavy atom. The summed E-state index contributed by atoms with van der Waals surface area (Å²) < 4.78 is 2.04. The Balaban J connectivity index is 2.06. The number of rotatable bonds is 3. The van der Waals surface area contributed by atoms with Crippen molar-refractivity contribution in [3.8, 4) is 0 Å². The molecular formula is C11H16N2OS. The summed E-state index contributed by atoms with van der Waals surface area (Å²) in [7, 11) is 2.01. The maximum atomic E-state index is 11.6. The Kier molecular flexibility index (Phi) is 3.14. The van der Waals surface area contributed by atoms with Gasteiger partial charge in [-0.2, -0.15) is 0 Å². The molecule has 2 rings (SSSR count). The normalized spacial score (nSPS) is 26.1. The molecule has 0 saturated carbocycles. The quantitative estimate of drug-likeness (QED) is 0.786. The summed E-state index contributed by atoms with van der Waals surface area (Å²) in [6.07, 6.45) is 5.67. The molecule has 0 aromatic carbocycles. The van der Waals surface area contributed by atoms with Crippen LogP contribution in [0.3, 0.4) is 0 Å². The Labute approximate surface area is 94.3 Å². The van der Waals surface area contributed by atoms with E-state index in [1.165, 1.54) is 17.5 Å². The van der Waals surface area contributed by atoms with Crippen molar-refractivity contribution in [1.82, 2.24) is 9.55 Å². The minimum absolute atomic E-state index is 0.255. The molecule has 0 bridgehead atoms. The molecule has 0 spiro atoms. The summed E-state index contributed by atoms with van der Waals surface area (Å²) >= 11 is 1.50. The van der Waals surface area contributed by atoms with E-state index in [-0.39, 0.29) is 5.92 Å². The number of hydrogen-bond acceptors (Lipinski definition) is 3. The lowest BCUT2D eigenvalue weighted by atomic mass is 9.89. The largest absolute Gasteiger partial charge is 0.338 e. The minimum atomic E-state index is 0.255. The summed E-state index contributed by atoms with van der Waals surface area (Å²) in [6, 6.07) is 0. The summed E-state index contributed by atoms with van der Waals surface area (Å²) in [5.41, 5.74) is 1.23. The molecule has 2 heterocycles. The highest BCUT2D eigenvalue weighted by Crippen LogP contribution is 2.35. The van der Waals surface area contributed by atoms with E-state index in [0.717, 1.165) is 18.6 Å². The van der Waals surface area contributed by atoms with Gasteiger partial charge >= 0.3 is 0 Å². The number of carbonyl (C=O) groups excluding carboxylic acids is 1. The lowest BCUT2D eigenvalue weighted by Crippen LogP contribution is -2.18. The zero-order valence-corrected chi connectivity index (χ0v) is 9.96. The summed E-state index contributed by atoms with van der Waals surface area (Å²) in [4.78, 5) is 15.7. The van der Waals surface area contributed by atoms with Gasteiger partial charge in [0.05, 0.1) is 6.33 Å². The van der Waals surface area contributed by atoms with E-state index in [2.05, 4.69) is 11.9 Å². The van der Waals surface area contributed by atoms with Crippen LogP contribution in [0.15, 0.2) is 12.5 Å². The monoisotopic (exact) mass is 224 g/mol. The molecule has 0 N–H and O–H groups in total. The van der Waals surface area contributed by atoms with Gasteiger partial charge in [0.25, 0.3) is 0 Å². The van der Waals surface area contributed by atoms with Gasteiger partial charge in [-0.3, -0.25) is 4.79 Å². The highest BCUT2D eigenvalue weighted by Gasteiger charge is 2.34. The van der Waals surface area contributed by atoms with Crippen molar-refractivity contribution in [2.45, 2.75) is 19.8 Å². The van der Waals surface area contributed by atoms with E-state index in [1.807, 2.05) is 24.1 Å². The average molecular weight is 224 g/mol. The van der Waals surface area contributed by atoms with Gasteiger partial charge in [0.15, 0.2) is 5.12 Å². The van der Waals surface area contributed by atoms with Gasteiger partial charge in [-0.15, -0.1) is 0 Å². The Hall–Kier alpha value is -0.770. The number of carbonyl (C=O) groups is 1. The number of thioether (sulfide) groups is 1. The van der Waals surface area contributed by atoms with Crippen molar-refractivity contribution in [3.63, 3.8) is 0 Å². The summed E-state index contributed by atoms with van der Waals surface area (Å²) in [5.74, 6) is 1.73. The van der Waals surface area contributed by atoms with E-state index in [4.69, 9.17) is 0 Å². The predicted molar refractivity (Wildman–Crippen MR) is 61.6 cm³/mol. The third-order valence-corrected chi connectivity index (χ3v) is 4.32. The second-order valence-corrected chi connectivity index (χ2v) is 5.13. The van der Waals surface area contributed by atoms with Gasteiger partial charge in [0.2, 0.25) is 0 Å². The van der Waals surface area contributed by atoms with Crippen molar-refractivity contribution in [2.24, 2.45) is 18.9 Å². The van der Waals surface area contributed by atoms with Crippen LogP contribution in [-0.4, -0.2) is 20.4 Å². The van der Waals surface area contributed by atoms with Crippen LogP contribution >= 0.6 is 11.8 Å². The lowest BCUT2D eigenvalue weighted by molar-refractivity contribution is -0.114. The maximum absolute atomic E-state index is 11.6. The lowest BCUT2D eigenvalue weighted by Gasteiger charge is -2.15. The fourth-order valence-electron chi connectivity index (χ4n) is 2.16. The van der Waals surface area contributed by atoms with Gasteiger partial charge in [-0.25, -0.2) is 4.98 Å². The molecular weight excluding hydrogens is 208 g/mol. The van der Waals surface area contributed by atoms with Crippen LogP contribution in [0.5, 0.6) is 0 Å². The third kappa shape index (κ3) is 2.09. The molecule has 1 unspecified atom stereocenters. The molecule has 1 aliphatic heterocycles. The standard InChI is InChI=1S/C11H16N2OS/c1-3-10-8(6-15-11(10)14)4-9-5-12-7-13(9)2/h5,7-8,10H,3-4,6H2,1-2H3/t8?,10-/m1/s1. The average Bonchev–Trinajstić information content (AvgIpc) is 2.76. The summed E-state index contributed by atoms with van der Waals surface area (Å²) in [6.45, 7) is 2.10. The van der Waals surface area contributed by atoms with Gasteiger partial charge in [-0.1, -0.05) is 18.7 Å². The van der Waals surface area contributed by atoms with Crippen molar-refractivity contribution in [3.05, 3.63) is 18.2 Å².